The summed E-state index contributed by atoms with van der Waals surface area (Å²) in [4.78, 5) is 39.4. The molecule has 0 aromatic heterocycles. The van der Waals surface area contributed by atoms with Gasteiger partial charge < -0.3 is 20.2 Å². The second-order valence-electron chi connectivity index (χ2n) is 10.9. The average molecular weight is 526 g/mol. The molecule has 1 unspecified atom stereocenters. The van der Waals surface area contributed by atoms with Gasteiger partial charge in [-0.2, -0.15) is 13.2 Å². The second kappa shape index (κ2) is 12.3. The smallest absolute Gasteiger partial charge is 0.475 e. The van der Waals surface area contributed by atoms with Crippen LogP contribution in [0.15, 0.2) is 30.3 Å². The van der Waals surface area contributed by atoms with E-state index in [0.717, 1.165) is 70.3 Å². The number of carbonyl (C=O) groups is 3. The fraction of sp³-hybridized carbons (Fsp3) is 0.667. The molecule has 1 aliphatic carbocycles. The molecule has 37 heavy (non-hydrogen) atoms. The van der Waals surface area contributed by atoms with Crippen LogP contribution in [-0.4, -0.2) is 77.6 Å². The molecule has 1 atom stereocenters. The van der Waals surface area contributed by atoms with Gasteiger partial charge in [0.05, 0.1) is 6.04 Å². The van der Waals surface area contributed by atoms with Crippen LogP contribution < -0.4 is 5.32 Å². The van der Waals surface area contributed by atoms with Gasteiger partial charge in [0.25, 0.3) is 5.91 Å². The fourth-order valence-electron chi connectivity index (χ4n) is 5.54. The van der Waals surface area contributed by atoms with Crippen LogP contribution in [0.1, 0.15) is 62.7 Å². The zero-order valence-corrected chi connectivity index (χ0v) is 21.6. The summed E-state index contributed by atoms with van der Waals surface area (Å²) in [5, 5.41) is 10.3. The van der Waals surface area contributed by atoms with Gasteiger partial charge in [0.1, 0.15) is 0 Å². The molecule has 0 bridgehead atoms. The number of halogens is 3. The SMILES string of the molecule is CC(C)CN1CCC2(CCCN(C(=O)c3ccccc3)C2CNC(=O)C2CC2)CC1.O=C(O)C(F)(F)F. The highest BCUT2D eigenvalue weighted by Gasteiger charge is 2.48. The molecule has 2 N–H and O–H groups in total. The van der Waals surface area contributed by atoms with Crippen LogP contribution in [0.2, 0.25) is 0 Å². The van der Waals surface area contributed by atoms with E-state index < -0.39 is 12.1 Å². The largest absolute Gasteiger partial charge is 0.490 e. The van der Waals surface area contributed by atoms with E-state index in [0.29, 0.717) is 12.5 Å². The number of hydrogen-bond donors (Lipinski definition) is 2. The van der Waals surface area contributed by atoms with E-state index in [1.54, 1.807) is 0 Å². The number of carbonyl (C=O) groups excluding carboxylic acids is 2. The first kappa shape index (κ1) is 28.9. The molecule has 10 heteroatoms. The first-order valence-electron chi connectivity index (χ1n) is 13.1. The van der Waals surface area contributed by atoms with Crippen LogP contribution >= 0.6 is 0 Å². The van der Waals surface area contributed by atoms with E-state index in [1.807, 2.05) is 30.3 Å². The quantitative estimate of drug-likeness (QED) is 0.582. The number of nitrogens with one attached hydrogen (secondary N) is 1. The van der Waals surface area contributed by atoms with Crippen LogP contribution in [0.25, 0.3) is 0 Å². The van der Waals surface area contributed by atoms with Gasteiger partial charge in [-0.3, -0.25) is 9.59 Å². The summed E-state index contributed by atoms with van der Waals surface area (Å²) in [6, 6.07) is 9.72. The normalized spacial score (nSPS) is 21.8. The highest BCUT2D eigenvalue weighted by Crippen LogP contribution is 2.45. The molecule has 7 nitrogen and oxygen atoms in total. The monoisotopic (exact) mass is 525 g/mol. The van der Waals surface area contributed by atoms with Crippen LogP contribution in [0.4, 0.5) is 13.2 Å². The molecule has 3 aliphatic rings. The summed E-state index contributed by atoms with van der Waals surface area (Å²) in [6.07, 6.45) is 1.38. The summed E-state index contributed by atoms with van der Waals surface area (Å²) in [5.41, 5.74) is 0.873. The summed E-state index contributed by atoms with van der Waals surface area (Å²) in [5.74, 6) is -1.58. The van der Waals surface area contributed by atoms with Crippen molar-refractivity contribution in [3.8, 4) is 0 Å². The first-order valence-corrected chi connectivity index (χ1v) is 13.1. The number of amides is 2. The molecule has 2 aliphatic heterocycles. The number of alkyl halides is 3. The minimum absolute atomic E-state index is 0.0860. The third kappa shape index (κ3) is 7.93. The van der Waals surface area contributed by atoms with Crippen molar-refractivity contribution < 1.29 is 32.7 Å². The second-order valence-corrected chi connectivity index (χ2v) is 10.9. The number of nitrogens with zero attached hydrogens (tertiary/aromatic N) is 2. The van der Waals surface area contributed by atoms with Gasteiger partial charge in [-0.05, 0) is 75.1 Å². The third-order valence-electron chi connectivity index (χ3n) is 7.57. The van der Waals surface area contributed by atoms with E-state index >= 15 is 0 Å². The minimum atomic E-state index is -5.08. The van der Waals surface area contributed by atoms with Crippen molar-refractivity contribution in [2.75, 3.05) is 32.7 Å². The van der Waals surface area contributed by atoms with E-state index in [1.165, 1.54) is 0 Å². The number of benzene rings is 1. The van der Waals surface area contributed by atoms with Crippen molar-refractivity contribution in [2.45, 2.75) is 64.6 Å². The standard InChI is InChI=1S/C25H37N3O2.C2HF3O2/c1-19(2)18-27-15-12-25(13-16-27)11-6-14-28(24(30)21-7-4-3-5-8-21)22(25)17-26-23(29)20-9-10-20;3-2(4,5)1(6)7/h3-5,7-8,19-20,22H,6,9-18H2,1-2H3,(H,26,29);(H,6,7). The fourth-order valence-corrected chi connectivity index (χ4v) is 5.54. The Bertz CT molecular complexity index is 927. The Hall–Kier alpha value is -2.62. The number of rotatable bonds is 6. The lowest BCUT2D eigenvalue weighted by Gasteiger charge is -2.53. The number of likely N-dealkylation sites (tertiary alicyclic amines) is 2. The summed E-state index contributed by atoms with van der Waals surface area (Å²) >= 11 is 0. The molecule has 2 saturated heterocycles. The summed E-state index contributed by atoms with van der Waals surface area (Å²) in [6.45, 7) is 9.28. The zero-order chi connectivity index (χ0) is 27.2. The summed E-state index contributed by atoms with van der Waals surface area (Å²) in [7, 11) is 0. The van der Waals surface area contributed by atoms with Gasteiger partial charge in [-0.25, -0.2) is 4.79 Å². The molecule has 1 saturated carbocycles. The van der Waals surface area contributed by atoms with E-state index in [9.17, 15) is 22.8 Å². The number of carboxylic acids is 1. The molecule has 0 radical (unpaired) electrons. The molecular formula is C27H38F3N3O4. The number of piperidine rings is 2. The molecule has 1 aromatic carbocycles. The van der Waals surface area contributed by atoms with Crippen molar-refractivity contribution in [3.05, 3.63) is 35.9 Å². The van der Waals surface area contributed by atoms with Gasteiger partial charge in [0, 0.05) is 31.1 Å². The molecule has 2 amide bonds. The first-order chi connectivity index (χ1) is 17.4. The molecule has 1 aromatic rings. The van der Waals surface area contributed by atoms with Gasteiger partial charge in [-0.1, -0.05) is 32.0 Å². The lowest BCUT2D eigenvalue weighted by Crippen LogP contribution is -2.61. The van der Waals surface area contributed by atoms with Crippen molar-refractivity contribution in [1.29, 1.82) is 0 Å². The Labute approximate surface area is 216 Å². The maximum absolute atomic E-state index is 13.4. The Morgan fingerprint density at radius 1 is 1.05 bits per heavy atom. The minimum Gasteiger partial charge on any atom is -0.475 e. The Morgan fingerprint density at radius 3 is 2.16 bits per heavy atom. The van der Waals surface area contributed by atoms with Crippen molar-refractivity contribution >= 4 is 17.8 Å². The molecular weight excluding hydrogens is 487 g/mol. The van der Waals surface area contributed by atoms with Crippen molar-refractivity contribution in [2.24, 2.45) is 17.3 Å². The molecule has 3 fully saturated rings. The lowest BCUT2D eigenvalue weighted by atomic mass is 9.66. The Morgan fingerprint density at radius 2 is 1.65 bits per heavy atom. The van der Waals surface area contributed by atoms with Gasteiger partial charge in [0.2, 0.25) is 5.91 Å². The van der Waals surface area contributed by atoms with Crippen LogP contribution in [0, 0.1) is 17.3 Å². The highest BCUT2D eigenvalue weighted by molar-refractivity contribution is 5.94. The molecule has 1 spiro atoms. The van der Waals surface area contributed by atoms with E-state index in [2.05, 4.69) is 29.0 Å². The van der Waals surface area contributed by atoms with Crippen molar-refractivity contribution in [3.63, 3.8) is 0 Å². The average Bonchev–Trinajstić information content (AvgIpc) is 3.70. The van der Waals surface area contributed by atoms with Crippen LogP contribution in [0.3, 0.4) is 0 Å². The topological polar surface area (TPSA) is 90.0 Å². The number of aliphatic carboxylic acids is 1. The Balaban J connectivity index is 0.000000479. The van der Waals surface area contributed by atoms with Gasteiger partial charge in [0.15, 0.2) is 0 Å². The third-order valence-corrected chi connectivity index (χ3v) is 7.57. The maximum atomic E-state index is 13.4. The van der Waals surface area contributed by atoms with E-state index in [-0.39, 0.29) is 29.2 Å². The van der Waals surface area contributed by atoms with Gasteiger partial charge in [-0.15, -0.1) is 0 Å². The molecule has 4 rings (SSSR count). The van der Waals surface area contributed by atoms with Crippen LogP contribution in [-0.2, 0) is 9.59 Å². The molecule has 206 valence electrons. The maximum Gasteiger partial charge on any atom is 0.490 e. The lowest BCUT2D eigenvalue weighted by molar-refractivity contribution is -0.192. The van der Waals surface area contributed by atoms with Gasteiger partial charge >= 0.3 is 12.1 Å². The zero-order valence-electron chi connectivity index (χ0n) is 21.6. The van der Waals surface area contributed by atoms with Crippen LogP contribution in [0.5, 0.6) is 0 Å². The molecule has 2 heterocycles. The Kier molecular flexibility index (Phi) is 9.61. The highest BCUT2D eigenvalue weighted by atomic mass is 19.4. The van der Waals surface area contributed by atoms with E-state index in [4.69, 9.17) is 9.90 Å². The summed E-state index contributed by atoms with van der Waals surface area (Å²) < 4.78 is 31.7. The predicted octanol–water partition coefficient (Wildman–Crippen LogP) is 4.19. The van der Waals surface area contributed by atoms with Crippen molar-refractivity contribution in [1.82, 2.24) is 15.1 Å². The number of carboxylic acid groups (broad SMARTS) is 1. The number of hydrogen-bond acceptors (Lipinski definition) is 4. The predicted molar refractivity (Wildman–Crippen MR) is 133 cm³/mol.